The van der Waals surface area contributed by atoms with Gasteiger partial charge in [-0.15, -0.1) is 36.2 Å². The van der Waals surface area contributed by atoms with Gasteiger partial charge in [-0.1, -0.05) is 18.2 Å². The Hall–Kier alpha value is -0.850. The second kappa shape index (κ2) is 10.1. The van der Waals surface area contributed by atoms with E-state index in [0.29, 0.717) is 0 Å². The van der Waals surface area contributed by atoms with Gasteiger partial charge in [0.2, 0.25) is 0 Å². The second-order valence-electron chi connectivity index (χ2n) is 5.25. The highest BCUT2D eigenvalue weighted by molar-refractivity contribution is 7.09. The number of para-hydroxylation sites is 1. The van der Waals surface area contributed by atoms with Crippen LogP contribution in [0.1, 0.15) is 16.3 Å². The first-order valence-corrected chi connectivity index (χ1v) is 8.21. The van der Waals surface area contributed by atoms with Crippen LogP contribution in [0.15, 0.2) is 29.6 Å². The first-order chi connectivity index (χ1) is 10.3. The lowest BCUT2D eigenvalue weighted by molar-refractivity contribution is 0.231. The highest BCUT2D eigenvalue weighted by Gasteiger charge is 2.12. The highest BCUT2D eigenvalue weighted by atomic mass is 35.5. The Morgan fingerprint density at radius 1 is 1.22 bits per heavy atom. The van der Waals surface area contributed by atoms with Crippen molar-refractivity contribution in [3.63, 3.8) is 0 Å². The normalized spacial score (nSPS) is 14.7. The van der Waals surface area contributed by atoms with Gasteiger partial charge in [0.05, 0.1) is 17.8 Å². The molecule has 2 heterocycles. The number of rotatable bonds is 5. The second-order valence-corrected chi connectivity index (χ2v) is 6.19. The van der Waals surface area contributed by atoms with E-state index in [1.54, 1.807) is 18.4 Å². The molecule has 0 unspecified atom stereocenters. The van der Waals surface area contributed by atoms with Crippen LogP contribution < -0.4 is 10.1 Å². The molecule has 7 heteroatoms. The summed E-state index contributed by atoms with van der Waals surface area (Å²) in [5.74, 6) is 0.941. The first-order valence-electron chi connectivity index (χ1n) is 7.33. The van der Waals surface area contributed by atoms with Gasteiger partial charge in [-0.2, -0.15) is 0 Å². The number of hydrogen-bond donors (Lipinski definition) is 1. The molecule has 3 rings (SSSR count). The Morgan fingerprint density at radius 2 is 1.96 bits per heavy atom. The molecule has 0 atom stereocenters. The molecule has 1 saturated heterocycles. The fourth-order valence-corrected chi connectivity index (χ4v) is 3.42. The number of nitrogens with zero attached hydrogens (tertiary/aromatic N) is 2. The van der Waals surface area contributed by atoms with Crippen LogP contribution in [0.2, 0.25) is 0 Å². The maximum Gasteiger partial charge on any atom is 0.122 e. The van der Waals surface area contributed by atoms with Gasteiger partial charge in [-0.3, -0.25) is 4.90 Å². The summed E-state index contributed by atoms with van der Waals surface area (Å²) in [5, 5.41) is 6.72. The Labute approximate surface area is 154 Å². The average Bonchev–Trinajstić information content (AvgIpc) is 2.96. The number of methoxy groups -OCH3 is 1. The summed E-state index contributed by atoms with van der Waals surface area (Å²) in [7, 11) is 1.72. The van der Waals surface area contributed by atoms with Crippen molar-refractivity contribution >= 4 is 36.2 Å². The minimum Gasteiger partial charge on any atom is -0.496 e. The van der Waals surface area contributed by atoms with E-state index in [9.17, 15) is 0 Å². The number of nitrogens with one attached hydrogen (secondary N) is 1. The van der Waals surface area contributed by atoms with Crippen molar-refractivity contribution in [2.75, 3.05) is 33.3 Å². The predicted octanol–water partition coefficient (Wildman–Crippen LogP) is 2.99. The third-order valence-electron chi connectivity index (χ3n) is 3.73. The van der Waals surface area contributed by atoms with E-state index >= 15 is 0 Å². The molecule has 1 aromatic heterocycles. The Balaban J connectivity index is 0.00000132. The van der Waals surface area contributed by atoms with Gasteiger partial charge in [-0.25, -0.2) is 4.98 Å². The third kappa shape index (κ3) is 5.62. The van der Waals surface area contributed by atoms with Crippen molar-refractivity contribution in [3.8, 4) is 5.75 Å². The molecular weight excluding hydrogens is 353 g/mol. The number of hydrogen-bond acceptors (Lipinski definition) is 5. The van der Waals surface area contributed by atoms with Gasteiger partial charge in [0.25, 0.3) is 0 Å². The van der Waals surface area contributed by atoms with Crippen molar-refractivity contribution in [3.05, 3.63) is 45.9 Å². The average molecular weight is 376 g/mol. The zero-order chi connectivity index (χ0) is 14.5. The zero-order valence-corrected chi connectivity index (χ0v) is 15.6. The number of thiazole rings is 1. The van der Waals surface area contributed by atoms with E-state index in [1.165, 1.54) is 11.3 Å². The smallest absolute Gasteiger partial charge is 0.122 e. The van der Waals surface area contributed by atoms with Gasteiger partial charge in [0.1, 0.15) is 5.75 Å². The van der Waals surface area contributed by atoms with Crippen LogP contribution >= 0.6 is 36.2 Å². The van der Waals surface area contributed by atoms with E-state index in [2.05, 4.69) is 21.7 Å². The van der Waals surface area contributed by atoms with Crippen LogP contribution in [0.25, 0.3) is 0 Å². The summed E-state index contributed by atoms with van der Waals surface area (Å²) in [6.45, 7) is 5.35. The fraction of sp³-hybridized carbons (Fsp3) is 0.438. The molecule has 0 radical (unpaired) electrons. The maximum absolute atomic E-state index is 5.41. The van der Waals surface area contributed by atoms with Crippen molar-refractivity contribution in [2.24, 2.45) is 0 Å². The van der Waals surface area contributed by atoms with Crippen molar-refractivity contribution in [1.82, 2.24) is 15.2 Å². The van der Waals surface area contributed by atoms with Crippen LogP contribution in [0, 0.1) is 0 Å². The van der Waals surface area contributed by atoms with Gasteiger partial charge >= 0.3 is 0 Å². The van der Waals surface area contributed by atoms with E-state index in [1.807, 2.05) is 18.2 Å². The quantitative estimate of drug-likeness (QED) is 0.871. The number of halogens is 2. The number of benzene rings is 1. The predicted molar refractivity (Wildman–Crippen MR) is 101 cm³/mol. The lowest BCUT2D eigenvalue weighted by Crippen LogP contribution is -2.42. The first kappa shape index (κ1) is 20.2. The molecule has 1 aliphatic rings. The van der Waals surface area contributed by atoms with E-state index in [0.717, 1.165) is 49.9 Å². The lowest BCUT2D eigenvalue weighted by atomic mass is 10.1. The molecule has 0 amide bonds. The van der Waals surface area contributed by atoms with Crippen molar-refractivity contribution in [1.29, 1.82) is 0 Å². The molecular formula is C16H23Cl2N3OS. The number of aromatic nitrogens is 1. The van der Waals surface area contributed by atoms with E-state index in [-0.39, 0.29) is 24.8 Å². The number of ether oxygens (including phenoxy) is 1. The fourth-order valence-electron chi connectivity index (χ4n) is 2.61. The SMILES string of the molecule is COc1ccccc1Cc1nc(CN2CCNCC2)cs1.Cl.Cl. The monoisotopic (exact) mass is 375 g/mol. The van der Waals surface area contributed by atoms with Crippen molar-refractivity contribution < 1.29 is 4.74 Å². The molecule has 0 saturated carbocycles. The summed E-state index contributed by atoms with van der Waals surface area (Å²) in [6, 6.07) is 8.16. The molecule has 1 aromatic carbocycles. The summed E-state index contributed by atoms with van der Waals surface area (Å²) in [5.41, 5.74) is 2.38. The standard InChI is InChI=1S/C16H21N3OS.2ClH/c1-20-15-5-3-2-4-13(15)10-16-18-14(12-21-16)11-19-8-6-17-7-9-19;;/h2-5,12,17H,6-11H2,1H3;2*1H. The molecule has 128 valence electrons. The minimum absolute atomic E-state index is 0. The topological polar surface area (TPSA) is 37.4 Å². The minimum atomic E-state index is 0. The van der Waals surface area contributed by atoms with E-state index < -0.39 is 0 Å². The molecule has 4 nitrogen and oxygen atoms in total. The Bertz CT molecular complexity index is 588. The Kier molecular flexibility index (Phi) is 8.87. The lowest BCUT2D eigenvalue weighted by Gasteiger charge is -2.26. The van der Waals surface area contributed by atoms with Gasteiger partial charge in [0.15, 0.2) is 0 Å². The van der Waals surface area contributed by atoms with Crippen LogP contribution in [-0.4, -0.2) is 43.2 Å². The van der Waals surface area contributed by atoms with E-state index in [4.69, 9.17) is 9.72 Å². The molecule has 0 spiro atoms. The molecule has 0 bridgehead atoms. The van der Waals surface area contributed by atoms with Crippen LogP contribution in [0.3, 0.4) is 0 Å². The van der Waals surface area contributed by atoms with Crippen LogP contribution in [-0.2, 0) is 13.0 Å². The van der Waals surface area contributed by atoms with Gasteiger partial charge in [-0.05, 0) is 6.07 Å². The molecule has 2 aromatic rings. The largest absolute Gasteiger partial charge is 0.496 e. The molecule has 1 N–H and O–H groups in total. The summed E-state index contributed by atoms with van der Waals surface area (Å²) in [6.07, 6.45) is 0.843. The summed E-state index contributed by atoms with van der Waals surface area (Å²) < 4.78 is 5.41. The molecule has 0 aliphatic carbocycles. The maximum atomic E-state index is 5.41. The van der Waals surface area contributed by atoms with Gasteiger partial charge in [0, 0.05) is 50.1 Å². The van der Waals surface area contributed by atoms with Crippen LogP contribution in [0.4, 0.5) is 0 Å². The van der Waals surface area contributed by atoms with Gasteiger partial charge < -0.3 is 10.1 Å². The number of piperazine rings is 1. The molecule has 1 aliphatic heterocycles. The summed E-state index contributed by atoms with van der Waals surface area (Å²) in [4.78, 5) is 7.23. The Morgan fingerprint density at radius 3 is 2.70 bits per heavy atom. The van der Waals surface area contributed by atoms with Crippen molar-refractivity contribution in [2.45, 2.75) is 13.0 Å². The third-order valence-corrected chi connectivity index (χ3v) is 4.63. The highest BCUT2D eigenvalue weighted by Crippen LogP contribution is 2.23. The molecule has 1 fully saturated rings. The zero-order valence-electron chi connectivity index (χ0n) is 13.2. The van der Waals surface area contributed by atoms with Crippen LogP contribution in [0.5, 0.6) is 5.75 Å². The summed E-state index contributed by atoms with van der Waals surface area (Å²) >= 11 is 1.74. The molecule has 23 heavy (non-hydrogen) atoms.